The molecule has 176 valence electrons. The molecule has 1 saturated heterocycles. The Morgan fingerprint density at radius 3 is 2.28 bits per heavy atom. The minimum Gasteiger partial charge on any atom is -0.479 e. The molecule has 0 spiro atoms. The maximum absolute atomic E-state index is 12.5. The molecule has 32 heavy (non-hydrogen) atoms. The van der Waals surface area contributed by atoms with Crippen LogP contribution in [0.25, 0.3) is 0 Å². The van der Waals surface area contributed by atoms with Crippen molar-refractivity contribution in [2.24, 2.45) is 5.92 Å². The highest BCUT2D eigenvalue weighted by Gasteiger charge is 2.41. The second kappa shape index (κ2) is 12.3. The molecule has 1 aromatic carbocycles. The quantitative estimate of drug-likeness (QED) is 0.320. The first kappa shape index (κ1) is 24.7. The maximum Gasteiger partial charge on any atom is 0.476 e. The third kappa shape index (κ3) is 7.28. The number of hydrogen-bond donors (Lipinski definition) is 6. The van der Waals surface area contributed by atoms with Gasteiger partial charge in [-0.15, -0.1) is 0 Å². The van der Waals surface area contributed by atoms with Crippen molar-refractivity contribution in [1.82, 2.24) is 21.1 Å². The summed E-state index contributed by atoms with van der Waals surface area (Å²) in [4.78, 5) is 24.1. The molecule has 0 radical (unpaired) electrons. The fourth-order valence-corrected chi connectivity index (χ4v) is 4.67. The molecule has 2 unspecified atom stereocenters. The van der Waals surface area contributed by atoms with E-state index in [4.69, 9.17) is 0 Å². The number of hydrazine groups is 1. The Morgan fingerprint density at radius 1 is 1.06 bits per heavy atom. The summed E-state index contributed by atoms with van der Waals surface area (Å²) >= 11 is 0. The van der Waals surface area contributed by atoms with E-state index in [-0.39, 0.29) is 31.0 Å². The van der Waals surface area contributed by atoms with Gasteiger partial charge in [-0.05, 0) is 24.3 Å². The summed E-state index contributed by atoms with van der Waals surface area (Å²) in [6.45, 7) is 0.0656. The number of amides is 1. The lowest BCUT2D eigenvalue weighted by Crippen LogP contribution is -2.57. The van der Waals surface area contributed by atoms with Crippen LogP contribution in [0.2, 0.25) is 0 Å². The van der Waals surface area contributed by atoms with Crippen LogP contribution in [0.5, 0.6) is 0 Å². The molecule has 0 aromatic heterocycles. The zero-order chi connectivity index (χ0) is 22.9. The first-order valence-corrected chi connectivity index (χ1v) is 11.6. The summed E-state index contributed by atoms with van der Waals surface area (Å²) in [7, 11) is -1.78. The average Bonchev–Trinajstić information content (AvgIpc) is 3.22. The van der Waals surface area contributed by atoms with Gasteiger partial charge in [-0.3, -0.25) is 10.1 Å². The Balaban J connectivity index is 1.67. The van der Waals surface area contributed by atoms with Crippen LogP contribution in [0.1, 0.15) is 56.9 Å². The fourth-order valence-electron chi connectivity index (χ4n) is 4.67. The van der Waals surface area contributed by atoms with E-state index in [1.807, 2.05) is 30.3 Å². The van der Waals surface area contributed by atoms with Crippen molar-refractivity contribution in [2.75, 3.05) is 6.54 Å². The van der Waals surface area contributed by atoms with Gasteiger partial charge < -0.3 is 20.5 Å². The molecule has 1 aliphatic carbocycles. The van der Waals surface area contributed by atoms with Crippen molar-refractivity contribution < 1.29 is 24.7 Å². The van der Waals surface area contributed by atoms with E-state index >= 15 is 0 Å². The molecule has 3 rings (SSSR count). The standard InChI is InChI=1S/C22H35BN4O5/c28-19(14-16-10-6-5-7-11-16)24-18(23(31)32)15-27-21(25-20(26-27)22(29)30)17-12-8-3-1-2-4-9-13-17/h5-7,10-11,17-18,20-21,25-26,31-32H,1-4,8-9,12-15H2,(H,24,28)(H,29,30)/t18-,20?,21?/m1/s1. The monoisotopic (exact) mass is 446 g/mol. The molecule has 3 atom stereocenters. The lowest BCUT2D eigenvalue weighted by atomic mass is 9.79. The second-order valence-corrected chi connectivity index (χ2v) is 8.87. The van der Waals surface area contributed by atoms with Crippen LogP contribution in [0.4, 0.5) is 0 Å². The van der Waals surface area contributed by atoms with Crippen molar-refractivity contribution >= 4 is 19.0 Å². The Bertz CT molecular complexity index is 728. The smallest absolute Gasteiger partial charge is 0.476 e. The maximum atomic E-state index is 12.5. The van der Waals surface area contributed by atoms with Crippen molar-refractivity contribution in [3.8, 4) is 0 Å². The van der Waals surface area contributed by atoms with Gasteiger partial charge in [0.15, 0.2) is 6.17 Å². The van der Waals surface area contributed by atoms with Crippen molar-refractivity contribution in [1.29, 1.82) is 0 Å². The number of carbonyl (C=O) groups excluding carboxylic acids is 1. The molecule has 1 aromatic rings. The van der Waals surface area contributed by atoms with Gasteiger partial charge in [0.25, 0.3) is 0 Å². The predicted octanol–water partition coefficient (Wildman–Crippen LogP) is 0.623. The topological polar surface area (TPSA) is 134 Å². The Hall–Kier alpha value is -1.98. The number of rotatable bonds is 8. The summed E-state index contributed by atoms with van der Waals surface area (Å²) in [5.41, 5.74) is 3.77. The van der Waals surface area contributed by atoms with E-state index < -0.39 is 25.2 Å². The first-order valence-electron chi connectivity index (χ1n) is 11.6. The van der Waals surface area contributed by atoms with Crippen LogP contribution in [0.15, 0.2) is 30.3 Å². The van der Waals surface area contributed by atoms with Crippen LogP contribution in [-0.4, -0.2) is 64.0 Å². The molecule has 1 heterocycles. The number of hydrogen-bond acceptors (Lipinski definition) is 7. The summed E-state index contributed by atoms with van der Waals surface area (Å²) in [5.74, 6) is -2.07. The zero-order valence-electron chi connectivity index (χ0n) is 18.4. The van der Waals surface area contributed by atoms with E-state index in [9.17, 15) is 24.7 Å². The number of nitrogens with zero attached hydrogens (tertiary/aromatic N) is 1. The number of carboxylic acid groups (broad SMARTS) is 1. The van der Waals surface area contributed by atoms with E-state index in [1.165, 1.54) is 25.7 Å². The molecule has 2 aliphatic rings. The highest BCUT2D eigenvalue weighted by molar-refractivity contribution is 6.43. The van der Waals surface area contributed by atoms with Crippen molar-refractivity contribution in [3.63, 3.8) is 0 Å². The van der Waals surface area contributed by atoms with Gasteiger partial charge >= 0.3 is 13.1 Å². The van der Waals surface area contributed by atoms with Crippen molar-refractivity contribution in [3.05, 3.63) is 35.9 Å². The molecule has 9 nitrogen and oxygen atoms in total. The van der Waals surface area contributed by atoms with Crippen LogP contribution < -0.4 is 16.1 Å². The highest BCUT2D eigenvalue weighted by atomic mass is 16.4. The van der Waals surface area contributed by atoms with Gasteiger partial charge in [-0.2, -0.15) is 0 Å². The molecule has 0 bridgehead atoms. The van der Waals surface area contributed by atoms with Gasteiger partial charge in [-0.1, -0.05) is 68.9 Å². The molecular formula is C22H35BN4O5. The Morgan fingerprint density at radius 2 is 1.69 bits per heavy atom. The van der Waals surface area contributed by atoms with Gasteiger partial charge in [0.05, 0.1) is 18.5 Å². The van der Waals surface area contributed by atoms with Gasteiger partial charge in [0.2, 0.25) is 5.91 Å². The number of carbonyl (C=O) groups is 2. The molecule has 10 heteroatoms. The van der Waals surface area contributed by atoms with E-state index in [2.05, 4.69) is 16.1 Å². The Kier molecular flexibility index (Phi) is 9.49. The minimum absolute atomic E-state index is 0.0656. The summed E-state index contributed by atoms with van der Waals surface area (Å²) in [6, 6.07) is 9.22. The summed E-state index contributed by atoms with van der Waals surface area (Å²) in [6.07, 6.45) is 7.86. The highest BCUT2D eigenvalue weighted by Crippen LogP contribution is 2.27. The summed E-state index contributed by atoms with van der Waals surface area (Å²) in [5, 5.41) is 37.0. The lowest BCUT2D eigenvalue weighted by molar-refractivity contribution is -0.140. The fraction of sp³-hybridized carbons (Fsp3) is 0.636. The molecule has 1 saturated carbocycles. The van der Waals surface area contributed by atoms with Gasteiger partial charge in [0, 0.05) is 6.54 Å². The third-order valence-corrected chi connectivity index (χ3v) is 6.37. The molecular weight excluding hydrogens is 411 g/mol. The zero-order valence-corrected chi connectivity index (χ0v) is 18.4. The first-order chi connectivity index (χ1) is 15.4. The molecule has 1 amide bonds. The minimum atomic E-state index is -1.78. The SMILES string of the molecule is O=C(Cc1ccccc1)N[C@H](CN1NC(C(=O)O)NC1C1CCCCCCCC1)B(O)O. The third-order valence-electron chi connectivity index (χ3n) is 6.37. The average molecular weight is 446 g/mol. The number of carboxylic acids is 1. The largest absolute Gasteiger partial charge is 0.479 e. The Labute approximate surface area is 189 Å². The molecule has 1 aliphatic heterocycles. The van der Waals surface area contributed by atoms with E-state index in [1.54, 1.807) is 5.01 Å². The van der Waals surface area contributed by atoms with Crippen LogP contribution in [-0.2, 0) is 16.0 Å². The van der Waals surface area contributed by atoms with Crippen molar-refractivity contribution in [2.45, 2.75) is 76.1 Å². The van der Waals surface area contributed by atoms with Crippen LogP contribution in [0, 0.1) is 5.92 Å². The normalized spacial score (nSPS) is 24.2. The second-order valence-electron chi connectivity index (χ2n) is 8.87. The summed E-state index contributed by atoms with van der Waals surface area (Å²) < 4.78 is 0. The van der Waals surface area contributed by atoms with Gasteiger partial charge in [-0.25, -0.2) is 15.2 Å². The number of aliphatic carboxylic acids is 1. The molecule has 2 fully saturated rings. The van der Waals surface area contributed by atoms with Gasteiger partial charge in [0.1, 0.15) is 0 Å². The van der Waals surface area contributed by atoms with Crippen LogP contribution >= 0.6 is 0 Å². The predicted molar refractivity (Wildman–Crippen MR) is 121 cm³/mol. The van der Waals surface area contributed by atoms with E-state index in [0.29, 0.717) is 0 Å². The van der Waals surface area contributed by atoms with Crippen LogP contribution in [0.3, 0.4) is 0 Å². The number of nitrogens with one attached hydrogen (secondary N) is 3. The lowest BCUT2D eigenvalue weighted by Gasteiger charge is -2.33. The molecule has 6 N–H and O–H groups in total. The number of benzene rings is 1. The van der Waals surface area contributed by atoms with E-state index in [0.717, 1.165) is 31.2 Å².